The summed E-state index contributed by atoms with van der Waals surface area (Å²) in [6, 6.07) is 0. The zero-order valence-corrected chi connectivity index (χ0v) is 7.28. The van der Waals surface area contributed by atoms with Crippen LogP contribution in [0.1, 0.15) is 13.8 Å². The van der Waals surface area contributed by atoms with Gasteiger partial charge in [-0.05, 0) is 11.6 Å². The Labute approximate surface area is 53.9 Å². The molecule has 0 amide bonds. The second-order valence-electron chi connectivity index (χ2n) is 3.09. The first kappa shape index (κ1) is 8.18. The fraction of sp³-hybridized carbons (Fsp3) is 1.00. The molecule has 0 aromatic heterocycles. The van der Waals surface area contributed by atoms with E-state index in [0.717, 1.165) is 6.54 Å². The van der Waals surface area contributed by atoms with Crippen LogP contribution in [0.2, 0.25) is 18.1 Å². The summed E-state index contributed by atoms with van der Waals surface area (Å²) in [7, 11) is -0.187. The highest BCUT2D eigenvalue weighted by Gasteiger charge is 2.20. The van der Waals surface area contributed by atoms with Crippen molar-refractivity contribution in [1.29, 1.82) is 0 Å². The molecule has 0 saturated carbocycles. The maximum Gasteiger partial charge on any atom is 0.0489 e. The van der Waals surface area contributed by atoms with Crippen molar-refractivity contribution in [3.8, 4) is 0 Å². The van der Waals surface area contributed by atoms with Gasteiger partial charge in [0.1, 0.15) is 0 Å². The van der Waals surface area contributed by atoms with Crippen molar-refractivity contribution in [2.45, 2.75) is 32.0 Å². The van der Waals surface area contributed by atoms with Gasteiger partial charge in [0.15, 0.2) is 0 Å². The van der Waals surface area contributed by atoms with Gasteiger partial charge in [-0.3, -0.25) is 0 Å². The summed E-state index contributed by atoms with van der Waals surface area (Å²) in [4.78, 5) is 0. The third kappa shape index (κ3) is 1.97. The Hall–Kier alpha value is 0.177. The van der Waals surface area contributed by atoms with Gasteiger partial charge in [0, 0.05) is 8.80 Å². The van der Waals surface area contributed by atoms with Crippen LogP contribution in [0, 0.1) is 0 Å². The van der Waals surface area contributed by atoms with Crippen molar-refractivity contribution < 1.29 is 0 Å². The molecule has 2 N–H and O–H groups in total. The van der Waals surface area contributed by atoms with E-state index in [4.69, 9.17) is 5.73 Å². The minimum atomic E-state index is -0.187. The zero-order valence-electron chi connectivity index (χ0n) is 6.28. The van der Waals surface area contributed by atoms with E-state index < -0.39 is 0 Å². The minimum Gasteiger partial charge on any atom is -0.330 e. The molecule has 1 nitrogen and oxygen atoms in total. The maximum absolute atomic E-state index is 5.53. The quantitative estimate of drug-likeness (QED) is 0.563. The monoisotopic (exact) mass is 130 g/mol. The van der Waals surface area contributed by atoms with E-state index in [-0.39, 0.29) is 8.80 Å². The molecule has 0 unspecified atom stereocenters. The first-order chi connectivity index (χ1) is 3.50. The summed E-state index contributed by atoms with van der Waals surface area (Å²) in [5.41, 5.74) is 5.53. The van der Waals surface area contributed by atoms with Crippen molar-refractivity contribution in [3.05, 3.63) is 0 Å². The summed E-state index contributed by atoms with van der Waals surface area (Å²) in [5.74, 6) is 0. The average molecular weight is 130 g/mol. The van der Waals surface area contributed by atoms with E-state index in [1.54, 1.807) is 0 Å². The second kappa shape index (κ2) is 2.64. The molecule has 0 aliphatic carbocycles. The summed E-state index contributed by atoms with van der Waals surface area (Å²) in [6.45, 7) is 9.91. The molecular weight excluding hydrogens is 114 g/mol. The van der Waals surface area contributed by atoms with E-state index in [2.05, 4.69) is 26.9 Å². The van der Waals surface area contributed by atoms with Crippen LogP contribution >= 0.6 is 0 Å². The molecule has 0 heterocycles. The summed E-state index contributed by atoms with van der Waals surface area (Å²) < 4.78 is 0. The molecule has 49 valence electrons. The molecular formula is C6H16NSi. The second-order valence-corrected chi connectivity index (χ2v) is 6.44. The van der Waals surface area contributed by atoms with Gasteiger partial charge in [-0.15, -0.1) is 0 Å². The number of rotatable bonds is 2. The number of hydrogen-bond donors (Lipinski definition) is 1. The Kier molecular flexibility index (Phi) is 2.70. The molecule has 2 heteroatoms. The highest BCUT2D eigenvalue weighted by molar-refractivity contribution is 6.59. The standard InChI is InChI=1S/C6H16NSi/c1-6(2,5-7)8(3)4/h5,7H2,1-4H3. The fourth-order valence-electron chi connectivity index (χ4n) is 0.204. The van der Waals surface area contributed by atoms with Gasteiger partial charge >= 0.3 is 0 Å². The molecule has 0 spiro atoms. The maximum atomic E-state index is 5.53. The Morgan fingerprint density at radius 3 is 1.75 bits per heavy atom. The van der Waals surface area contributed by atoms with Crippen LogP contribution in [-0.4, -0.2) is 15.3 Å². The summed E-state index contributed by atoms with van der Waals surface area (Å²) >= 11 is 0. The predicted molar refractivity (Wildman–Crippen MR) is 40.6 cm³/mol. The third-order valence-corrected chi connectivity index (χ3v) is 4.78. The van der Waals surface area contributed by atoms with Crippen LogP contribution in [0.5, 0.6) is 0 Å². The van der Waals surface area contributed by atoms with E-state index in [1.807, 2.05) is 0 Å². The van der Waals surface area contributed by atoms with Crippen molar-refractivity contribution in [3.63, 3.8) is 0 Å². The topological polar surface area (TPSA) is 26.0 Å². The predicted octanol–water partition coefficient (Wildman–Crippen LogP) is 1.48. The Morgan fingerprint density at radius 1 is 1.38 bits per heavy atom. The minimum absolute atomic E-state index is 0.187. The van der Waals surface area contributed by atoms with Crippen LogP contribution in [-0.2, 0) is 0 Å². The Balaban J connectivity index is 3.71. The average Bonchev–Trinajstić information content (AvgIpc) is 1.67. The van der Waals surface area contributed by atoms with Crippen molar-refractivity contribution in [1.82, 2.24) is 0 Å². The van der Waals surface area contributed by atoms with Gasteiger partial charge in [-0.2, -0.15) is 0 Å². The van der Waals surface area contributed by atoms with E-state index >= 15 is 0 Å². The van der Waals surface area contributed by atoms with E-state index in [0.29, 0.717) is 5.04 Å². The lowest BCUT2D eigenvalue weighted by Gasteiger charge is -2.25. The zero-order chi connectivity index (χ0) is 6.78. The summed E-state index contributed by atoms with van der Waals surface area (Å²) in [6.07, 6.45) is 0. The van der Waals surface area contributed by atoms with Crippen molar-refractivity contribution >= 4 is 8.80 Å². The van der Waals surface area contributed by atoms with Gasteiger partial charge in [0.05, 0.1) is 0 Å². The lowest BCUT2D eigenvalue weighted by Crippen LogP contribution is -2.28. The van der Waals surface area contributed by atoms with E-state index in [1.165, 1.54) is 0 Å². The van der Waals surface area contributed by atoms with Crippen LogP contribution in [0.3, 0.4) is 0 Å². The van der Waals surface area contributed by atoms with Gasteiger partial charge in [-0.1, -0.05) is 26.9 Å². The molecule has 1 radical (unpaired) electrons. The van der Waals surface area contributed by atoms with E-state index in [9.17, 15) is 0 Å². The molecule has 8 heavy (non-hydrogen) atoms. The Bertz CT molecular complexity index is 68.9. The molecule has 0 aliphatic heterocycles. The highest BCUT2D eigenvalue weighted by Crippen LogP contribution is 2.25. The normalized spacial score (nSPS) is 12.8. The van der Waals surface area contributed by atoms with Gasteiger partial charge in [-0.25, -0.2) is 0 Å². The lowest BCUT2D eigenvalue weighted by atomic mass is 10.2. The van der Waals surface area contributed by atoms with Gasteiger partial charge in [0.2, 0.25) is 0 Å². The first-order valence-corrected chi connectivity index (χ1v) is 5.51. The number of nitrogens with two attached hydrogens (primary N) is 1. The van der Waals surface area contributed by atoms with Crippen LogP contribution < -0.4 is 5.73 Å². The molecule has 0 rings (SSSR count). The Morgan fingerprint density at radius 2 is 1.75 bits per heavy atom. The molecule has 0 atom stereocenters. The fourth-order valence-corrected chi connectivity index (χ4v) is 0.612. The van der Waals surface area contributed by atoms with Crippen LogP contribution in [0.25, 0.3) is 0 Å². The molecule has 0 aromatic rings. The SMILES string of the molecule is C[Si](C)C(C)(C)CN. The first-order valence-electron chi connectivity index (χ1n) is 3.01. The number of hydrogen-bond acceptors (Lipinski definition) is 1. The van der Waals surface area contributed by atoms with Crippen molar-refractivity contribution in [2.24, 2.45) is 5.73 Å². The third-order valence-electron chi connectivity index (χ3n) is 1.86. The molecule has 0 aliphatic rings. The molecule has 0 aromatic carbocycles. The van der Waals surface area contributed by atoms with Crippen molar-refractivity contribution in [2.75, 3.05) is 6.54 Å². The lowest BCUT2D eigenvalue weighted by molar-refractivity contribution is 0.671. The smallest absolute Gasteiger partial charge is 0.0489 e. The van der Waals surface area contributed by atoms with Gasteiger partial charge < -0.3 is 5.73 Å². The van der Waals surface area contributed by atoms with Gasteiger partial charge in [0.25, 0.3) is 0 Å². The highest BCUT2D eigenvalue weighted by atomic mass is 28.3. The largest absolute Gasteiger partial charge is 0.330 e. The summed E-state index contributed by atoms with van der Waals surface area (Å²) in [5, 5.41) is 0.421. The van der Waals surface area contributed by atoms with Crippen LogP contribution in [0.4, 0.5) is 0 Å². The molecule has 0 fully saturated rings. The molecule has 0 saturated heterocycles. The van der Waals surface area contributed by atoms with Crippen LogP contribution in [0.15, 0.2) is 0 Å². The molecule has 0 bridgehead atoms.